The van der Waals surface area contributed by atoms with Gasteiger partial charge in [0.15, 0.2) is 11.6 Å². The summed E-state index contributed by atoms with van der Waals surface area (Å²) in [5.74, 6) is -0.268. The Hall–Kier alpha value is -2.22. The van der Waals surface area contributed by atoms with Gasteiger partial charge in [0.2, 0.25) is 11.5 Å². The molecule has 1 saturated carbocycles. The molecule has 2 fully saturated rings. The van der Waals surface area contributed by atoms with Crippen LogP contribution in [0.1, 0.15) is 32.1 Å². The smallest absolute Gasteiger partial charge is 0.220 e. The number of hydrogen-bond donors (Lipinski definition) is 1. The van der Waals surface area contributed by atoms with E-state index in [1.807, 2.05) is 4.90 Å². The number of carbonyl (C=O) groups excluding carboxylic acids is 1. The van der Waals surface area contributed by atoms with Crippen LogP contribution in [0.15, 0.2) is 16.7 Å². The SMILES string of the molecule is NC(=O)[C@H]1CC[C@H](CCN2CCN(c3noc4c(F)cc(F)cc34)CC2)CC1. The van der Waals surface area contributed by atoms with Crippen LogP contribution >= 0.6 is 0 Å². The first kappa shape index (κ1) is 19.1. The molecule has 0 spiro atoms. The molecule has 2 aliphatic rings. The minimum absolute atomic E-state index is 0.00499. The van der Waals surface area contributed by atoms with Gasteiger partial charge in [0.05, 0.1) is 5.39 Å². The normalized spacial score (nSPS) is 24.0. The summed E-state index contributed by atoms with van der Waals surface area (Å²) >= 11 is 0. The first-order valence-electron chi connectivity index (χ1n) is 10.0. The van der Waals surface area contributed by atoms with Crippen molar-refractivity contribution in [3.05, 3.63) is 23.8 Å². The molecule has 4 rings (SSSR count). The molecule has 1 aromatic heterocycles. The molecule has 2 heterocycles. The summed E-state index contributed by atoms with van der Waals surface area (Å²) in [6.07, 6.45) is 5.13. The van der Waals surface area contributed by atoms with Crippen molar-refractivity contribution in [1.29, 1.82) is 0 Å². The third kappa shape index (κ3) is 3.97. The number of fused-ring (bicyclic) bond motifs is 1. The molecule has 2 N–H and O–H groups in total. The van der Waals surface area contributed by atoms with E-state index in [-0.39, 0.29) is 17.4 Å². The van der Waals surface area contributed by atoms with Gasteiger partial charge in [-0.1, -0.05) is 5.16 Å². The molecule has 0 radical (unpaired) electrons. The van der Waals surface area contributed by atoms with Crippen molar-refractivity contribution in [2.45, 2.75) is 32.1 Å². The molecule has 152 valence electrons. The number of halogens is 2. The molecule has 1 amide bonds. The standard InChI is InChI=1S/C20H26F2N4O2/c21-15-11-16-18(17(22)12-15)28-24-20(16)26-9-7-25(8-10-26)6-5-13-1-3-14(4-2-13)19(23)27/h11-14H,1-10H2,(H2,23,27)/t13-,14-. The topological polar surface area (TPSA) is 75.6 Å². The van der Waals surface area contributed by atoms with Crippen LogP contribution in [0.2, 0.25) is 0 Å². The van der Waals surface area contributed by atoms with E-state index < -0.39 is 11.6 Å². The highest BCUT2D eigenvalue weighted by Gasteiger charge is 2.26. The predicted octanol–water partition coefficient (Wildman–Crippen LogP) is 2.91. The second-order valence-electron chi connectivity index (χ2n) is 8.01. The molecule has 1 aliphatic carbocycles. The third-order valence-electron chi connectivity index (χ3n) is 6.25. The van der Waals surface area contributed by atoms with E-state index in [0.29, 0.717) is 17.1 Å². The number of rotatable bonds is 5. The number of nitrogens with two attached hydrogens (primary N) is 1. The molecule has 8 heteroatoms. The van der Waals surface area contributed by atoms with Crippen LogP contribution in [-0.4, -0.2) is 48.7 Å². The number of nitrogens with zero attached hydrogens (tertiary/aromatic N) is 3. The fraction of sp³-hybridized carbons (Fsp3) is 0.600. The van der Waals surface area contributed by atoms with Crippen molar-refractivity contribution in [2.75, 3.05) is 37.6 Å². The molecule has 28 heavy (non-hydrogen) atoms. The molecule has 1 aliphatic heterocycles. The first-order chi connectivity index (χ1) is 13.5. The predicted molar refractivity (Wildman–Crippen MR) is 102 cm³/mol. The summed E-state index contributed by atoms with van der Waals surface area (Å²) in [5, 5.41) is 4.36. The summed E-state index contributed by atoms with van der Waals surface area (Å²) < 4.78 is 32.5. The zero-order valence-corrected chi connectivity index (χ0v) is 15.9. The highest BCUT2D eigenvalue weighted by molar-refractivity contribution is 5.89. The summed E-state index contributed by atoms with van der Waals surface area (Å²) in [6, 6.07) is 2.09. The van der Waals surface area contributed by atoms with E-state index in [1.54, 1.807) is 0 Å². The monoisotopic (exact) mass is 392 g/mol. The van der Waals surface area contributed by atoms with Crippen molar-refractivity contribution >= 4 is 22.7 Å². The number of benzene rings is 1. The van der Waals surface area contributed by atoms with E-state index in [1.165, 1.54) is 6.07 Å². The largest absolute Gasteiger partial charge is 0.369 e. The quantitative estimate of drug-likeness (QED) is 0.847. The number of hydrogen-bond acceptors (Lipinski definition) is 5. The van der Waals surface area contributed by atoms with Gasteiger partial charge >= 0.3 is 0 Å². The minimum Gasteiger partial charge on any atom is -0.369 e. The summed E-state index contributed by atoms with van der Waals surface area (Å²) in [5.41, 5.74) is 5.41. The van der Waals surface area contributed by atoms with Crippen LogP contribution in [-0.2, 0) is 4.79 Å². The Morgan fingerprint density at radius 3 is 2.54 bits per heavy atom. The van der Waals surface area contributed by atoms with Crippen LogP contribution in [0.25, 0.3) is 11.0 Å². The number of amides is 1. The minimum atomic E-state index is -0.724. The second kappa shape index (κ2) is 8.03. The highest BCUT2D eigenvalue weighted by atomic mass is 19.1. The lowest BCUT2D eigenvalue weighted by Gasteiger charge is -2.36. The maximum absolute atomic E-state index is 13.8. The van der Waals surface area contributed by atoms with Gasteiger partial charge in [0, 0.05) is 38.2 Å². The number of primary amides is 1. The molecule has 1 aromatic carbocycles. The molecular weight excluding hydrogens is 366 g/mol. The van der Waals surface area contributed by atoms with Gasteiger partial charge in [-0.2, -0.15) is 0 Å². The second-order valence-corrected chi connectivity index (χ2v) is 8.01. The molecule has 6 nitrogen and oxygen atoms in total. The van der Waals surface area contributed by atoms with E-state index in [2.05, 4.69) is 10.1 Å². The molecule has 0 unspecified atom stereocenters. The van der Waals surface area contributed by atoms with Gasteiger partial charge in [-0.15, -0.1) is 0 Å². The Morgan fingerprint density at radius 2 is 1.86 bits per heavy atom. The Kier molecular flexibility index (Phi) is 5.48. The van der Waals surface area contributed by atoms with Crippen molar-refractivity contribution < 1.29 is 18.1 Å². The van der Waals surface area contributed by atoms with Crippen molar-refractivity contribution in [2.24, 2.45) is 17.6 Å². The van der Waals surface area contributed by atoms with E-state index in [9.17, 15) is 13.6 Å². The number of piperazine rings is 1. The average molecular weight is 392 g/mol. The molecular formula is C20H26F2N4O2. The highest BCUT2D eigenvalue weighted by Crippen LogP contribution is 2.32. The van der Waals surface area contributed by atoms with Gasteiger partial charge < -0.3 is 15.2 Å². The van der Waals surface area contributed by atoms with Crippen LogP contribution in [0.3, 0.4) is 0 Å². The number of carbonyl (C=O) groups is 1. The fourth-order valence-corrected chi connectivity index (χ4v) is 4.47. The van der Waals surface area contributed by atoms with Crippen LogP contribution in [0, 0.1) is 23.5 Å². The lowest BCUT2D eigenvalue weighted by molar-refractivity contribution is -0.123. The van der Waals surface area contributed by atoms with Crippen LogP contribution in [0.5, 0.6) is 0 Å². The van der Waals surface area contributed by atoms with Crippen molar-refractivity contribution in [3.8, 4) is 0 Å². The van der Waals surface area contributed by atoms with Gasteiger partial charge in [-0.05, 0) is 50.6 Å². The molecule has 1 saturated heterocycles. The van der Waals surface area contributed by atoms with Gasteiger partial charge in [0.1, 0.15) is 5.82 Å². The fourth-order valence-electron chi connectivity index (χ4n) is 4.47. The Morgan fingerprint density at radius 1 is 1.14 bits per heavy atom. The van der Waals surface area contributed by atoms with E-state index in [0.717, 1.165) is 70.9 Å². The van der Waals surface area contributed by atoms with Crippen molar-refractivity contribution in [3.63, 3.8) is 0 Å². The zero-order chi connectivity index (χ0) is 19.7. The molecule has 0 bridgehead atoms. The third-order valence-corrected chi connectivity index (χ3v) is 6.25. The van der Waals surface area contributed by atoms with Gasteiger partial charge in [-0.3, -0.25) is 9.69 Å². The maximum atomic E-state index is 13.8. The maximum Gasteiger partial charge on any atom is 0.220 e. The van der Waals surface area contributed by atoms with Crippen LogP contribution < -0.4 is 10.6 Å². The van der Waals surface area contributed by atoms with E-state index in [4.69, 9.17) is 10.3 Å². The Balaban J connectivity index is 1.28. The lowest BCUT2D eigenvalue weighted by Crippen LogP contribution is -2.47. The average Bonchev–Trinajstić information content (AvgIpc) is 3.11. The van der Waals surface area contributed by atoms with Crippen LogP contribution in [0.4, 0.5) is 14.6 Å². The van der Waals surface area contributed by atoms with Gasteiger partial charge in [0.25, 0.3) is 0 Å². The first-order valence-corrected chi connectivity index (χ1v) is 10.0. The number of aromatic nitrogens is 1. The molecule has 0 atom stereocenters. The zero-order valence-electron chi connectivity index (χ0n) is 15.9. The van der Waals surface area contributed by atoms with Crippen molar-refractivity contribution in [1.82, 2.24) is 10.1 Å². The molecule has 2 aromatic rings. The summed E-state index contributed by atoms with van der Waals surface area (Å²) in [4.78, 5) is 15.7. The lowest BCUT2D eigenvalue weighted by atomic mass is 9.80. The van der Waals surface area contributed by atoms with E-state index >= 15 is 0 Å². The Labute approximate surface area is 162 Å². The van der Waals surface area contributed by atoms with Gasteiger partial charge in [-0.25, -0.2) is 8.78 Å². The Bertz CT molecular complexity index is 840. The summed E-state index contributed by atoms with van der Waals surface area (Å²) in [6.45, 7) is 4.27. The number of anilines is 1. The summed E-state index contributed by atoms with van der Waals surface area (Å²) in [7, 11) is 0.